The van der Waals surface area contributed by atoms with Crippen LogP contribution in [0, 0.1) is 5.92 Å². The van der Waals surface area contributed by atoms with Crippen molar-refractivity contribution in [2.75, 3.05) is 18.1 Å². The number of rotatable bonds is 13. The Kier molecular flexibility index (Phi) is 10.5. The van der Waals surface area contributed by atoms with Gasteiger partial charge in [-0.05, 0) is 63.8 Å². The van der Waals surface area contributed by atoms with Gasteiger partial charge in [0.2, 0.25) is 0 Å². The predicted octanol–water partition coefficient (Wildman–Crippen LogP) is 6.57. The quantitative estimate of drug-likeness (QED) is 0.221. The van der Waals surface area contributed by atoms with E-state index in [1.54, 1.807) is 21.7 Å². The summed E-state index contributed by atoms with van der Waals surface area (Å²) in [4.78, 5) is 15.4. The molecule has 1 amide bonds. The molecule has 8 heteroatoms. The molecule has 1 aliphatic heterocycles. The SMILES string of the molecule is CC(C)=CCC/C(C)=C/CN1C(=O)[C@@](O)([C@@H](C)/C=C/CCn2cc(C(CO)c3ccccc3)nn2)c2cc(Cl)ccc21. The number of allylic oxidation sites excluding steroid dienone is 4. The van der Waals surface area contributed by atoms with Gasteiger partial charge < -0.3 is 15.1 Å². The highest BCUT2D eigenvalue weighted by atomic mass is 35.5. The molecule has 2 N–H and O–H groups in total. The summed E-state index contributed by atoms with van der Waals surface area (Å²) in [6.45, 7) is 9.00. The fourth-order valence-electron chi connectivity index (χ4n) is 5.32. The minimum atomic E-state index is -1.72. The largest absolute Gasteiger partial charge is 0.395 e. The van der Waals surface area contributed by atoms with Crippen LogP contribution in [0.5, 0.6) is 0 Å². The first-order valence-corrected chi connectivity index (χ1v) is 14.9. The first-order valence-electron chi connectivity index (χ1n) is 14.5. The van der Waals surface area contributed by atoms with E-state index in [1.807, 2.05) is 61.7 Å². The molecule has 1 aromatic heterocycles. The lowest BCUT2D eigenvalue weighted by Gasteiger charge is -2.27. The lowest BCUT2D eigenvalue weighted by atomic mass is 9.83. The van der Waals surface area contributed by atoms with Crippen molar-refractivity contribution in [1.29, 1.82) is 0 Å². The molecule has 2 heterocycles. The van der Waals surface area contributed by atoms with Crippen molar-refractivity contribution < 1.29 is 15.0 Å². The molecule has 7 nitrogen and oxygen atoms in total. The summed E-state index contributed by atoms with van der Waals surface area (Å²) in [5, 5.41) is 30.8. The second kappa shape index (κ2) is 14.1. The molecular weight excluding hydrogens is 548 g/mol. The standard InChI is InChI=1S/C34H41ClN4O3/c1-24(2)11-10-12-25(3)18-20-39-32-17-16-28(35)21-30(32)34(42,33(39)41)26(4)13-8-9-19-38-22-31(36-37-38)29(23-40)27-14-6-5-7-15-27/h5-8,11,13-18,21-22,26,29,40,42H,9-10,12,19-20,23H2,1-4H3/b13-8+,25-18+/t26-,29?,34+/m0/s1. The van der Waals surface area contributed by atoms with Gasteiger partial charge in [-0.2, -0.15) is 0 Å². The van der Waals surface area contributed by atoms with E-state index in [1.165, 1.54) is 11.1 Å². The summed E-state index contributed by atoms with van der Waals surface area (Å²) in [6, 6.07) is 15.0. The number of benzene rings is 2. The van der Waals surface area contributed by atoms with Crippen LogP contribution in [-0.4, -0.2) is 44.3 Å². The molecule has 0 saturated heterocycles. The van der Waals surface area contributed by atoms with E-state index >= 15 is 0 Å². The van der Waals surface area contributed by atoms with E-state index in [0.29, 0.717) is 41.5 Å². The molecule has 0 fully saturated rings. The summed E-state index contributed by atoms with van der Waals surface area (Å²) in [5.41, 5.74) is 3.69. The molecule has 3 atom stereocenters. The molecule has 0 spiro atoms. The normalized spacial score (nSPS) is 18.4. The van der Waals surface area contributed by atoms with Crippen molar-refractivity contribution >= 4 is 23.2 Å². The fraction of sp³-hybridized carbons (Fsp3) is 0.382. The number of aliphatic hydroxyl groups is 2. The number of carbonyl (C=O) groups is 1. The number of hydrogen-bond acceptors (Lipinski definition) is 5. The van der Waals surface area contributed by atoms with Crippen LogP contribution in [0.1, 0.15) is 69.7 Å². The maximum absolute atomic E-state index is 13.7. The Morgan fingerprint density at radius 2 is 1.86 bits per heavy atom. The van der Waals surface area contributed by atoms with Gasteiger partial charge in [0, 0.05) is 35.8 Å². The maximum Gasteiger partial charge on any atom is 0.264 e. The predicted molar refractivity (Wildman–Crippen MR) is 168 cm³/mol. The zero-order valence-electron chi connectivity index (χ0n) is 24.9. The fourth-order valence-corrected chi connectivity index (χ4v) is 5.49. The Morgan fingerprint density at radius 3 is 2.57 bits per heavy atom. The monoisotopic (exact) mass is 588 g/mol. The Labute approximate surface area is 253 Å². The summed E-state index contributed by atoms with van der Waals surface area (Å²) < 4.78 is 1.74. The zero-order valence-corrected chi connectivity index (χ0v) is 25.6. The third kappa shape index (κ3) is 7.09. The molecule has 1 unspecified atom stereocenters. The topological polar surface area (TPSA) is 91.5 Å². The van der Waals surface area contributed by atoms with Crippen LogP contribution in [0.25, 0.3) is 0 Å². The highest BCUT2D eigenvalue weighted by molar-refractivity contribution is 6.31. The Balaban J connectivity index is 1.43. The lowest BCUT2D eigenvalue weighted by Crippen LogP contribution is -2.44. The van der Waals surface area contributed by atoms with Crippen molar-refractivity contribution in [2.45, 2.75) is 65.0 Å². The van der Waals surface area contributed by atoms with Crippen molar-refractivity contribution in [3.63, 3.8) is 0 Å². The van der Waals surface area contributed by atoms with Gasteiger partial charge in [0.05, 0.1) is 23.9 Å². The van der Waals surface area contributed by atoms with Crippen LogP contribution < -0.4 is 4.90 Å². The molecule has 0 aliphatic carbocycles. The molecule has 3 aromatic rings. The summed E-state index contributed by atoms with van der Waals surface area (Å²) in [7, 11) is 0. The number of aryl methyl sites for hydroxylation is 1. The number of halogens is 1. The van der Waals surface area contributed by atoms with Crippen LogP contribution >= 0.6 is 11.6 Å². The average Bonchev–Trinajstić information content (AvgIpc) is 3.52. The van der Waals surface area contributed by atoms with Crippen molar-refractivity contribution in [1.82, 2.24) is 15.0 Å². The first-order chi connectivity index (χ1) is 20.1. The number of aliphatic hydroxyl groups excluding tert-OH is 1. The van der Waals surface area contributed by atoms with E-state index in [9.17, 15) is 15.0 Å². The highest BCUT2D eigenvalue weighted by Crippen LogP contribution is 2.46. The van der Waals surface area contributed by atoms with Gasteiger partial charge in [0.15, 0.2) is 5.60 Å². The summed E-state index contributed by atoms with van der Waals surface area (Å²) in [5.74, 6) is -1.07. The van der Waals surface area contributed by atoms with Crippen LogP contribution in [0.4, 0.5) is 5.69 Å². The van der Waals surface area contributed by atoms with Gasteiger partial charge in [0.25, 0.3) is 5.91 Å². The minimum Gasteiger partial charge on any atom is -0.395 e. The number of amides is 1. The summed E-state index contributed by atoms with van der Waals surface area (Å²) in [6.07, 6.45) is 12.5. The smallest absolute Gasteiger partial charge is 0.264 e. The van der Waals surface area contributed by atoms with Gasteiger partial charge >= 0.3 is 0 Å². The van der Waals surface area contributed by atoms with Gasteiger partial charge in [-0.25, -0.2) is 0 Å². The molecular formula is C34H41ClN4O3. The van der Waals surface area contributed by atoms with Gasteiger partial charge in [-0.1, -0.05) is 89.5 Å². The lowest BCUT2D eigenvalue weighted by molar-refractivity contribution is -0.139. The number of carbonyl (C=O) groups excluding carboxylic acids is 1. The highest BCUT2D eigenvalue weighted by Gasteiger charge is 2.52. The van der Waals surface area contributed by atoms with Crippen LogP contribution in [0.2, 0.25) is 5.02 Å². The van der Waals surface area contributed by atoms with Gasteiger partial charge in [0.1, 0.15) is 0 Å². The zero-order chi connectivity index (χ0) is 30.3. The molecule has 42 heavy (non-hydrogen) atoms. The molecule has 0 bridgehead atoms. The van der Waals surface area contributed by atoms with E-state index in [0.717, 1.165) is 18.4 Å². The van der Waals surface area contributed by atoms with E-state index in [4.69, 9.17) is 11.6 Å². The molecule has 222 valence electrons. The Hall–Kier alpha value is -3.52. The second-order valence-electron chi connectivity index (χ2n) is 11.3. The van der Waals surface area contributed by atoms with Gasteiger partial charge in [-0.3, -0.25) is 9.48 Å². The number of fused-ring (bicyclic) bond motifs is 1. The summed E-state index contributed by atoms with van der Waals surface area (Å²) >= 11 is 6.32. The maximum atomic E-state index is 13.7. The first kappa shape index (κ1) is 31.4. The number of anilines is 1. The average molecular weight is 589 g/mol. The van der Waals surface area contributed by atoms with E-state index in [2.05, 4.69) is 43.2 Å². The molecule has 4 rings (SSSR count). The molecule has 0 radical (unpaired) electrons. The molecule has 0 saturated carbocycles. The Morgan fingerprint density at radius 1 is 1.10 bits per heavy atom. The third-order valence-electron chi connectivity index (χ3n) is 7.85. The third-order valence-corrected chi connectivity index (χ3v) is 8.09. The Bertz CT molecular complexity index is 1460. The number of hydrogen-bond donors (Lipinski definition) is 2. The second-order valence-corrected chi connectivity index (χ2v) is 11.7. The minimum absolute atomic E-state index is 0.0551. The van der Waals surface area contributed by atoms with Crippen molar-refractivity contribution in [3.05, 3.63) is 112 Å². The van der Waals surface area contributed by atoms with Crippen LogP contribution in [0.15, 0.2) is 90.2 Å². The van der Waals surface area contributed by atoms with E-state index < -0.39 is 11.5 Å². The van der Waals surface area contributed by atoms with Gasteiger partial charge in [-0.15, -0.1) is 5.10 Å². The van der Waals surface area contributed by atoms with Crippen molar-refractivity contribution in [2.24, 2.45) is 5.92 Å². The van der Waals surface area contributed by atoms with Crippen molar-refractivity contribution in [3.8, 4) is 0 Å². The number of nitrogens with zero attached hydrogens (tertiary/aromatic N) is 4. The number of aromatic nitrogens is 3. The molecule has 1 aliphatic rings. The van der Waals surface area contributed by atoms with Crippen LogP contribution in [-0.2, 0) is 16.9 Å². The molecule has 2 aromatic carbocycles. The van der Waals surface area contributed by atoms with Crippen LogP contribution in [0.3, 0.4) is 0 Å². The van der Waals surface area contributed by atoms with E-state index in [-0.39, 0.29) is 18.4 Å².